The average molecular weight is 231 g/mol. The molecule has 2 aromatic rings. The maximum absolute atomic E-state index is 11.4. The smallest absolute Gasteiger partial charge is 0.252 e. The van der Waals surface area contributed by atoms with E-state index in [0.29, 0.717) is 12.1 Å². The van der Waals surface area contributed by atoms with Crippen molar-refractivity contribution in [1.29, 1.82) is 0 Å². The highest BCUT2D eigenvalue weighted by atomic mass is 16.5. The quantitative estimate of drug-likeness (QED) is 0.844. The van der Waals surface area contributed by atoms with Gasteiger partial charge in [-0.15, -0.1) is 0 Å². The zero-order valence-corrected chi connectivity index (χ0v) is 9.43. The van der Waals surface area contributed by atoms with Crippen LogP contribution in [0.15, 0.2) is 41.2 Å². The minimum absolute atomic E-state index is 0.0176. The van der Waals surface area contributed by atoms with Gasteiger partial charge in [0.05, 0.1) is 12.8 Å². The molecule has 1 aromatic carbocycles. The second-order valence-electron chi connectivity index (χ2n) is 3.69. The largest absolute Gasteiger partial charge is 0.503 e. The molecule has 1 heterocycles. The van der Waals surface area contributed by atoms with Crippen molar-refractivity contribution in [2.24, 2.45) is 0 Å². The van der Waals surface area contributed by atoms with Gasteiger partial charge in [-0.1, -0.05) is 30.3 Å². The van der Waals surface area contributed by atoms with Gasteiger partial charge in [0.2, 0.25) is 0 Å². The Morgan fingerprint density at radius 3 is 2.65 bits per heavy atom. The Bertz CT molecular complexity index is 561. The fourth-order valence-electron chi connectivity index (χ4n) is 1.66. The molecule has 0 unspecified atom stereocenters. The normalized spacial score (nSPS) is 10.2. The molecule has 0 aliphatic heterocycles. The number of aromatic hydroxyl groups is 1. The molecule has 0 fully saturated rings. The number of hydrogen-bond acceptors (Lipinski definition) is 3. The zero-order valence-electron chi connectivity index (χ0n) is 9.43. The molecule has 0 amide bonds. The molecule has 17 heavy (non-hydrogen) atoms. The summed E-state index contributed by atoms with van der Waals surface area (Å²) >= 11 is 0. The third-order valence-corrected chi connectivity index (χ3v) is 2.50. The van der Waals surface area contributed by atoms with Crippen LogP contribution in [0.1, 0.15) is 11.3 Å². The van der Waals surface area contributed by atoms with Crippen molar-refractivity contribution >= 4 is 0 Å². The summed E-state index contributed by atoms with van der Waals surface area (Å²) in [5, 5.41) is 9.88. The zero-order chi connectivity index (χ0) is 12.3. The van der Waals surface area contributed by atoms with Crippen LogP contribution >= 0.6 is 0 Å². The lowest BCUT2D eigenvalue weighted by atomic mass is 10.1. The Morgan fingerprint density at radius 1 is 1.29 bits per heavy atom. The van der Waals surface area contributed by atoms with Crippen molar-refractivity contribution in [1.82, 2.24) is 4.98 Å². The summed E-state index contributed by atoms with van der Waals surface area (Å²) in [5.74, 6) is 0.177. The molecule has 0 aliphatic rings. The number of nitrogens with one attached hydrogen (secondary N) is 1. The van der Waals surface area contributed by atoms with Gasteiger partial charge in [-0.3, -0.25) is 4.79 Å². The number of ether oxygens (including phenoxy) is 1. The minimum Gasteiger partial charge on any atom is -0.503 e. The van der Waals surface area contributed by atoms with Crippen LogP contribution in [0.25, 0.3) is 0 Å². The summed E-state index contributed by atoms with van der Waals surface area (Å²) in [6.07, 6.45) is 0.457. The summed E-state index contributed by atoms with van der Waals surface area (Å²) in [4.78, 5) is 14.0. The second kappa shape index (κ2) is 4.74. The first-order chi connectivity index (χ1) is 8.20. The van der Waals surface area contributed by atoms with Crippen LogP contribution < -0.4 is 10.3 Å². The highest BCUT2D eigenvalue weighted by molar-refractivity contribution is 5.43. The summed E-state index contributed by atoms with van der Waals surface area (Å²) in [7, 11) is 1.42. The summed E-state index contributed by atoms with van der Waals surface area (Å²) in [6.45, 7) is 0. The van der Waals surface area contributed by atoms with E-state index < -0.39 is 0 Å². The maximum Gasteiger partial charge on any atom is 0.252 e. The highest BCUT2D eigenvalue weighted by Crippen LogP contribution is 2.27. The Kier molecular flexibility index (Phi) is 3.14. The summed E-state index contributed by atoms with van der Waals surface area (Å²) < 4.78 is 4.93. The van der Waals surface area contributed by atoms with E-state index in [0.717, 1.165) is 5.56 Å². The third-order valence-electron chi connectivity index (χ3n) is 2.50. The van der Waals surface area contributed by atoms with Crippen molar-refractivity contribution in [2.75, 3.05) is 7.11 Å². The molecule has 4 nitrogen and oxygen atoms in total. The highest BCUT2D eigenvalue weighted by Gasteiger charge is 2.10. The molecule has 0 saturated carbocycles. The number of rotatable bonds is 3. The molecule has 2 N–H and O–H groups in total. The Balaban J connectivity index is 2.39. The first-order valence-electron chi connectivity index (χ1n) is 5.24. The predicted molar refractivity (Wildman–Crippen MR) is 64.5 cm³/mol. The monoisotopic (exact) mass is 231 g/mol. The van der Waals surface area contributed by atoms with Crippen molar-refractivity contribution in [3.8, 4) is 11.5 Å². The van der Waals surface area contributed by atoms with Gasteiger partial charge in [-0.2, -0.15) is 0 Å². The Labute approximate surface area is 98.5 Å². The van der Waals surface area contributed by atoms with E-state index in [1.54, 1.807) is 0 Å². The van der Waals surface area contributed by atoms with Crippen molar-refractivity contribution in [3.63, 3.8) is 0 Å². The van der Waals surface area contributed by atoms with Crippen LogP contribution in [0.3, 0.4) is 0 Å². The van der Waals surface area contributed by atoms with E-state index in [4.69, 9.17) is 4.74 Å². The Hall–Kier alpha value is -2.23. The molecule has 2 rings (SSSR count). The number of hydrogen-bond donors (Lipinski definition) is 2. The fraction of sp³-hybridized carbons (Fsp3) is 0.154. The van der Waals surface area contributed by atoms with Gasteiger partial charge in [0.25, 0.3) is 5.56 Å². The number of pyridine rings is 1. The molecule has 0 aliphatic carbocycles. The van der Waals surface area contributed by atoms with Gasteiger partial charge in [-0.25, -0.2) is 0 Å². The molecule has 0 saturated heterocycles. The lowest BCUT2D eigenvalue weighted by molar-refractivity contribution is 0.368. The van der Waals surface area contributed by atoms with Gasteiger partial charge in [0, 0.05) is 12.5 Å². The molecule has 88 valence electrons. The summed E-state index contributed by atoms with van der Waals surface area (Å²) in [6, 6.07) is 10.8. The molecular formula is C13H13NO3. The second-order valence-corrected chi connectivity index (χ2v) is 3.69. The predicted octanol–water partition coefficient (Wildman–Crippen LogP) is 1.68. The van der Waals surface area contributed by atoms with Gasteiger partial charge in [0.1, 0.15) is 0 Å². The van der Waals surface area contributed by atoms with Crippen LogP contribution in [0.4, 0.5) is 0 Å². The van der Waals surface area contributed by atoms with E-state index in [9.17, 15) is 9.90 Å². The van der Waals surface area contributed by atoms with Crippen LogP contribution in [0, 0.1) is 0 Å². The number of benzene rings is 1. The van der Waals surface area contributed by atoms with Crippen LogP contribution in [-0.2, 0) is 6.42 Å². The van der Waals surface area contributed by atoms with Crippen molar-refractivity contribution < 1.29 is 9.84 Å². The van der Waals surface area contributed by atoms with E-state index in [1.165, 1.54) is 13.2 Å². The van der Waals surface area contributed by atoms with E-state index in [2.05, 4.69) is 4.98 Å². The average Bonchev–Trinajstić information content (AvgIpc) is 2.34. The molecule has 0 spiro atoms. The molecule has 1 aromatic heterocycles. The molecule has 4 heteroatoms. The van der Waals surface area contributed by atoms with Crippen molar-refractivity contribution in [2.45, 2.75) is 6.42 Å². The third kappa shape index (κ3) is 2.47. The topological polar surface area (TPSA) is 62.3 Å². The SMILES string of the molecule is COc1cc(=O)[nH]c(Cc2ccccc2)c1O. The van der Waals surface area contributed by atoms with Gasteiger partial charge >= 0.3 is 0 Å². The number of aromatic nitrogens is 1. The van der Waals surface area contributed by atoms with Crippen LogP contribution in [-0.4, -0.2) is 17.2 Å². The summed E-state index contributed by atoms with van der Waals surface area (Å²) in [5.41, 5.74) is 1.18. The number of H-pyrrole nitrogens is 1. The number of aromatic amines is 1. The van der Waals surface area contributed by atoms with Crippen molar-refractivity contribution in [3.05, 3.63) is 58.0 Å². The van der Waals surface area contributed by atoms with E-state index in [1.807, 2.05) is 30.3 Å². The molecule has 0 radical (unpaired) electrons. The lowest BCUT2D eigenvalue weighted by Gasteiger charge is -2.08. The Morgan fingerprint density at radius 2 is 2.00 bits per heavy atom. The van der Waals surface area contributed by atoms with E-state index in [-0.39, 0.29) is 17.1 Å². The fourth-order valence-corrected chi connectivity index (χ4v) is 1.66. The van der Waals surface area contributed by atoms with Gasteiger partial charge in [-0.05, 0) is 5.56 Å². The molecular weight excluding hydrogens is 218 g/mol. The first kappa shape index (κ1) is 11.3. The van der Waals surface area contributed by atoms with Gasteiger partial charge < -0.3 is 14.8 Å². The minimum atomic E-state index is -0.286. The van der Waals surface area contributed by atoms with E-state index >= 15 is 0 Å². The van der Waals surface area contributed by atoms with Gasteiger partial charge in [0.15, 0.2) is 11.5 Å². The number of methoxy groups -OCH3 is 1. The lowest BCUT2D eigenvalue weighted by Crippen LogP contribution is -2.09. The maximum atomic E-state index is 11.4. The van der Waals surface area contributed by atoms with Crippen LogP contribution in [0.2, 0.25) is 0 Å². The van der Waals surface area contributed by atoms with Crippen LogP contribution in [0.5, 0.6) is 11.5 Å². The molecule has 0 atom stereocenters. The first-order valence-corrected chi connectivity index (χ1v) is 5.24. The molecule has 0 bridgehead atoms. The standard InChI is InChI=1S/C13H13NO3/c1-17-11-8-12(15)14-10(13(11)16)7-9-5-3-2-4-6-9/h2-6,8,16H,7H2,1H3,(H,14,15).